The van der Waals surface area contributed by atoms with Crippen LogP contribution in [0.4, 0.5) is 5.82 Å². The van der Waals surface area contributed by atoms with Crippen LogP contribution in [0.1, 0.15) is 19.3 Å². The molecule has 0 bridgehead atoms. The standard InChI is InChI=1S/C10H17N3O/c11-10-3-6-13(12-10)5-1-2-9-4-7-14-8-9/h3,6,9H,1-2,4-5,7-8H2,(H2,11,12). The lowest BCUT2D eigenvalue weighted by atomic mass is 10.0. The summed E-state index contributed by atoms with van der Waals surface area (Å²) in [6.07, 6.45) is 5.55. The largest absolute Gasteiger partial charge is 0.382 e. The third-order valence-electron chi connectivity index (χ3n) is 2.68. The summed E-state index contributed by atoms with van der Waals surface area (Å²) < 4.78 is 7.23. The highest BCUT2D eigenvalue weighted by Gasteiger charge is 2.14. The van der Waals surface area contributed by atoms with E-state index in [1.807, 2.05) is 16.9 Å². The molecule has 14 heavy (non-hydrogen) atoms. The Morgan fingerprint density at radius 3 is 3.21 bits per heavy atom. The molecule has 1 aliphatic rings. The number of nitrogen functional groups attached to an aromatic ring is 1. The summed E-state index contributed by atoms with van der Waals surface area (Å²) in [5.74, 6) is 1.37. The summed E-state index contributed by atoms with van der Waals surface area (Å²) in [5, 5.41) is 4.14. The quantitative estimate of drug-likeness (QED) is 0.787. The van der Waals surface area contributed by atoms with Gasteiger partial charge in [-0.3, -0.25) is 4.68 Å². The summed E-state index contributed by atoms with van der Waals surface area (Å²) in [6, 6.07) is 1.83. The highest BCUT2D eigenvalue weighted by atomic mass is 16.5. The fourth-order valence-corrected chi connectivity index (χ4v) is 1.85. The molecule has 4 heteroatoms. The van der Waals surface area contributed by atoms with Gasteiger partial charge in [-0.1, -0.05) is 0 Å². The maximum atomic E-state index is 5.52. The highest BCUT2D eigenvalue weighted by Crippen LogP contribution is 2.18. The number of anilines is 1. The van der Waals surface area contributed by atoms with Crippen molar-refractivity contribution in [2.75, 3.05) is 18.9 Å². The molecule has 2 N–H and O–H groups in total. The Kier molecular flexibility index (Phi) is 3.03. The van der Waals surface area contributed by atoms with Crippen molar-refractivity contribution >= 4 is 5.82 Å². The molecule has 1 aliphatic heterocycles. The molecule has 1 aromatic heterocycles. The van der Waals surface area contributed by atoms with Gasteiger partial charge in [0.05, 0.1) is 0 Å². The van der Waals surface area contributed by atoms with E-state index in [2.05, 4.69) is 5.10 Å². The molecular weight excluding hydrogens is 178 g/mol. The second kappa shape index (κ2) is 4.46. The molecule has 78 valence electrons. The molecule has 0 amide bonds. The number of aryl methyl sites for hydroxylation is 1. The molecule has 1 saturated heterocycles. The Balaban J connectivity index is 1.67. The molecule has 2 heterocycles. The predicted molar refractivity (Wildman–Crippen MR) is 54.8 cm³/mol. The number of hydrogen-bond acceptors (Lipinski definition) is 3. The van der Waals surface area contributed by atoms with E-state index in [1.54, 1.807) is 0 Å². The van der Waals surface area contributed by atoms with Crippen LogP contribution in [0.3, 0.4) is 0 Å². The topological polar surface area (TPSA) is 53.1 Å². The zero-order valence-electron chi connectivity index (χ0n) is 8.35. The van der Waals surface area contributed by atoms with E-state index in [0.29, 0.717) is 5.82 Å². The molecule has 0 radical (unpaired) electrons. The molecule has 0 aromatic carbocycles. The lowest BCUT2D eigenvalue weighted by Gasteiger charge is -2.06. The van der Waals surface area contributed by atoms with Crippen LogP contribution in [0, 0.1) is 5.92 Å². The van der Waals surface area contributed by atoms with Gasteiger partial charge in [0.1, 0.15) is 5.82 Å². The van der Waals surface area contributed by atoms with Gasteiger partial charge in [-0.2, -0.15) is 5.10 Å². The Morgan fingerprint density at radius 2 is 2.57 bits per heavy atom. The van der Waals surface area contributed by atoms with Crippen LogP contribution < -0.4 is 5.73 Å². The SMILES string of the molecule is Nc1ccn(CCCC2CCOC2)n1. The Bertz CT molecular complexity index is 279. The predicted octanol–water partition coefficient (Wildman–Crippen LogP) is 1.28. The van der Waals surface area contributed by atoms with Crippen molar-refractivity contribution in [1.82, 2.24) is 9.78 Å². The van der Waals surface area contributed by atoms with E-state index < -0.39 is 0 Å². The van der Waals surface area contributed by atoms with Crippen molar-refractivity contribution < 1.29 is 4.74 Å². The number of nitrogens with zero attached hydrogens (tertiary/aromatic N) is 2. The second-order valence-corrected chi connectivity index (χ2v) is 3.88. The van der Waals surface area contributed by atoms with Gasteiger partial charge >= 0.3 is 0 Å². The molecular formula is C10H17N3O. The Morgan fingerprint density at radius 1 is 1.64 bits per heavy atom. The summed E-state index contributed by atoms with van der Waals surface area (Å²) in [6.45, 7) is 2.86. The van der Waals surface area contributed by atoms with Gasteiger partial charge in [-0.15, -0.1) is 0 Å². The van der Waals surface area contributed by atoms with E-state index in [1.165, 1.54) is 12.8 Å². The van der Waals surface area contributed by atoms with E-state index >= 15 is 0 Å². The number of rotatable bonds is 4. The zero-order valence-corrected chi connectivity index (χ0v) is 8.35. The van der Waals surface area contributed by atoms with Gasteiger partial charge in [0.25, 0.3) is 0 Å². The van der Waals surface area contributed by atoms with Gasteiger partial charge in [0.15, 0.2) is 0 Å². The molecule has 4 nitrogen and oxygen atoms in total. The average molecular weight is 195 g/mol. The molecule has 0 aliphatic carbocycles. The van der Waals surface area contributed by atoms with Crippen LogP contribution in [-0.4, -0.2) is 23.0 Å². The van der Waals surface area contributed by atoms with Crippen molar-refractivity contribution in [2.24, 2.45) is 5.92 Å². The third-order valence-corrected chi connectivity index (χ3v) is 2.68. The fraction of sp³-hybridized carbons (Fsp3) is 0.700. The summed E-state index contributed by atoms with van der Waals surface area (Å²) in [7, 11) is 0. The Labute approximate surface area is 84.0 Å². The van der Waals surface area contributed by atoms with Crippen LogP contribution in [0.2, 0.25) is 0 Å². The minimum absolute atomic E-state index is 0.606. The van der Waals surface area contributed by atoms with Crippen molar-refractivity contribution in [3.8, 4) is 0 Å². The third kappa shape index (κ3) is 2.48. The minimum atomic E-state index is 0.606. The van der Waals surface area contributed by atoms with Crippen LogP contribution in [0.15, 0.2) is 12.3 Å². The van der Waals surface area contributed by atoms with Crippen molar-refractivity contribution in [2.45, 2.75) is 25.8 Å². The molecule has 1 atom stereocenters. The first-order chi connectivity index (χ1) is 6.84. The summed E-state index contributed by atoms with van der Waals surface area (Å²) >= 11 is 0. The normalized spacial score (nSPS) is 21.6. The monoisotopic (exact) mass is 195 g/mol. The fourth-order valence-electron chi connectivity index (χ4n) is 1.85. The number of hydrogen-bond donors (Lipinski definition) is 1. The highest BCUT2D eigenvalue weighted by molar-refractivity contribution is 5.23. The molecule has 1 fully saturated rings. The first kappa shape index (κ1) is 9.52. The summed E-state index contributed by atoms with van der Waals surface area (Å²) in [5.41, 5.74) is 5.52. The molecule has 0 spiro atoms. The van der Waals surface area contributed by atoms with E-state index in [4.69, 9.17) is 10.5 Å². The van der Waals surface area contributed by atoms with Gasteiger partial charge in [0.2, 0.25) is 0 Å². The molecule has 1 aromatic rings. The van der Waals surface area contributed by atoms with E-state index in [0.717, 1.165) is 32.1 Å². The number of ether oxygens (including phenoxy) is 1. The molecule has 1 unspecified atom stereocenters. The maximum absolute atomic E-state index is 5.52. The lowest BCUT2D eigenvalue weighted by molar-refractivity contribution is 0.183. The molecule has 2 rings (SSSR count). The van der Waals surface area contributed by atoms with Crippen LogP contribution in [0.25, 0.3) is 0 Å². The smallest absolute Gasteiger partial charge is 0.145 e. The van der Waals surface area contributed by atoms with Gasteiger partial charge in [-0.25, -0.2) is 0 Å². The van der Waals surface area contributed by atoms with Crippen LogP contribution >= 0.6 is 0 Å². The molecule has 0 saturated carbocycles. The van der Waals surface area contributed by atoms with E-state index in [-0.39, 0.29) is 0 Å². The van der Waals surface area contributed by atoms with Gasteiger partial charge < -0.3 is 10.5 Å². The first-order valence-corrected chi connectivity index (χ1v) is 5.21. The van der Waals surface area contributed by atoms with Crippen LogP contribution in [0.5, 0.6) is 0 Å². The van der Waals surface area contributed by atoms with Crippen molar-refractivity contribution in [3.63, 3.8) is 0 Å². The van der Waals surface area contributed by atoms with Crippen LogP contribution in [-0.2, 0) is 11.3 Å². The van der Waals surface area contributed by atoms with Crippen molar-refractivity contribution in [1.29, 1.82) is 0 Å². The first-order valence-electron chi connectivity index (χ1n) is 5.21. The van der Waals surface area contributed by atoms with E-state index in [9.17, 15) is 0 Å². The number of aromatic nitrogens is 2. The average Bonchev–Trinajstić information content (AvgIpc) is 2.77. The minimum Gasteiger partial charge on any atom is -0.382 e. The number of nitrogens with two attached hydrogens (primary N) is 1. The second-order valence-electron chi connectivity index (χ2n) is 3.88. The maximum Gasteiger partial charge on any atom is 0.145 e. The summed E-state index contributed by atoms with van der Waals surface area (Å²) in [4.78, 5) is 0. The van der Waals surface area contributed by atoms with Gasteiger partial charge in [0, 0.05) is 26.0 Å². The zero-order chi connectivity index (χ0) is 9.80. The Hall–Kier alpha value is -1.03. The lowest BCUT2D eigenvalue weighted by Crippen LogP contribution is -2.04. The van der Waals surface area contributed by atoms with Crippen molar-refractivity contribution in [3.05, 3.63) is 12.3 Å². The van der Waals surface area contributed by atoms with Gasteiger partial charge in [-0.05, 0) is 31.2 Å².